The molecule has 0 aromatic rings. The maximum absolute atomic E-state index is 12.3. The molecule has 1 aliphatic carbocycles. The summed E-state index contributed by atoms with van der Waals surface area (Å²) in [6, 6.07) is 0. The number of nitrogens with zero attached hydrogens (tertiary/aromatic N) is 2. The van der Waals surface area contributed by atoms with Crippen LogP contribution in [0.2, 0.25) is 0 Å². The SMILES string of the molecule is C=C(C)CN(CC)C(=O)CN1C(=O)C2CCCCC2C1=O. The van der Waals surface area contributed by atoms with Gasteiger partial charge in [-0.2, -0.15) is 0 Å². The molecule has 1 saturated carbocycles. The lowest BCUT2D eigenvalue weighted by atomic mass is 9.81. The third-order valence-corrected chi connectivity index (χ3v) is 4.42. The smallest absolute Gasteiger partial charge is 0.243 e. The molecular weight excluding hydrogens is 268 g/mol. The molecule has 2 rings (SSSR count). The number of likely N-dealkylation sites (N-methyl/N-ethyl adjacent to an activating group) is 1. The van der Waals surface area contributed by atoms with Crippen molar-refractivity contribution in [2.45, 2.75) is 39.5 Å². The molecule has 1 heterocycles. The number of carbonyl (C=O) groups is 3. The molecule has 0 bridgehead atoms. The third-order valence-electron chi connectivity index (χ3n) is 4.42. The van der Waals surface area contributed by atoms with Crippen LogP contribution in [0.5, 0.6) is 0 Å². The third kappa shape index (κ3) is 3.17. The first-order valence-electron chi connectivity index (χ1n) is 7.73. The van der Waals surface area contributed by atoms with E-state index in [4.69, 9.17) is 0 Å². The van der Waals surface area contributed by atoms with E-state index in [9.17, 15) is 14.4 Å². The molecule has 1 aliphatic heterocycles. The maximum Gasteiger partial charge on any atom is 0.243 e. The summed E-state index contributed by atoms with van der Waals surface area (Å²) in [4.78, 5) is 39.8. The van der Waals surface area contributed by atoms with Gasteiger partial charge in [-0.1, -0.05) is 25.0 Å². The van der Waals surface area contributed by atoms with E-state index >= 15 is 0 Å². The van der Waals surface area contributed by atoms with Gasteiger partial charge in [0.05, 0.1) is 11.8 Å². The second-order valence-corrected chi connectivity index (χ2v) is 6.13. The Hall–Kier alpha value is -1.65. The van der Waals surface area contributed by atoms with Crippen LogP contribution in [0, 0.1) is 11.8 Å². The first kappa shape index (κ1) is 15.7. The first-order chi connectivity index (χ1) is 9.95. The topological polar surface area (TPSA) is 57.7 Å². The minimum atomic E-state index is -0.185. The van der Waals surface area contributed by atoms with E-state index in [1.165, 1.54) is 4.90 Å². The zero-order valence-corrected chi connectivity index (χ0v) is 12.9. The minimum Gasteiger partial charge on any atom is -0.337 e. The summed E-state index contributed by atoms with van der Waals surface area (Å²) in [5, 5.41) is 0. The van der Waals surface area contributed by atoms with Gasteiger partial charge in [0.2, 0.25) is 17.7 Å². The zero-order chi connectivity index (χ0) is 15.6. The van der Waals surface area contributed by atoms with E-state index in [0.29, 0.717) is 13.1 Å². The fraction of sp³-hybridized carbons (Fsp3) is 0.688. The van der Waals surface area contributed by atoms with Crippen molar-refractivity contribution < 1.29 is 14.4 Å². The number of hydrogen-bond donors (Lipinski definition) is 0. The van der Waals surface area contributed by atoms with Crippen molar-refractivity contribution in [3.8, 4) is 0 Å². The Bertz CT molecular complexity index is 448. The molecule has 0 radical (unpaired) electrons. The molecule has 0 N–H and O–H groups in total. The van der Waals surface area contributed by atoms with Crippen LogP contribution in [0.3, 0.4) is 0 Å². The van der Waals surface area contributed by atoms with E-state index < -0.39 is 0 Å². The molecule has 2 atom stereocenters. The van der Waals surface area contributed by atoms with Gasteiger partial charge in [-0.15, -0.1) is 0 Å². The summed E-state index contributed by atoms with van der Waals surface area (Å²) in [6.07, 6.45) is 3.56. The highest BCUT2D eigenvalue weighted by Gasteiger charge is 2.48. The van der Waals surface area contributed by atoms with Crippen molar-refractivity contribution in [1.29, 1.82) is 0 Å². The zero-order valence-electron chi connectivity index (χ0n) is 12.9. The summed E-state index contributed by atoms with van der Waals surface area (Å²) >= 11 is 0. The molecule has 3 amide bonds. The number of imide groups is 1. The van der Waals surface area contributed by atoms with Gasteiger partial charge in [-0.3, -0.25) is 19.3 Å². The van der Waals surface area contributed by atoms with Gasteiger partial charge in [0.1, 0.15) is 6.54 Å². The van der Waals surface area contributed by atoms with Gasteiger partial charge in [0, 0.05) is 13.1 Å². The number of carbonyl (C=O) groups excluding carboxylic acids is 3. The lowest BCUT2D eigenvalue weighted by molar-refractivity contribution is -0.146. The fourth-order valence-corrected chi connectivity index (χ4v) is 3.32. The molecular formula is C16H24N2O3. The minimum absolute atomic E-state index is 0.119. The maximum atomic E-state index is 12.3. The molecule has 0 spiro atoms. The van der Waals surface area contributed by atoms with Gasteiger partial charge in [-0.05, 0) is 26.7 Å². The van der Waals surface area contributed by atoms with E-state index in [1.807, 2.05) is 13.8 Å². The predicted octanol–water partition coefficient (Wildman–Crippen LogP) is 1.59. The van der Waals surface area contributed by atoms with Crippen LogP contribution in [-0.2, 0) is 14.4 Å². The first-order valence-corrected chi connectivity index (χ1v) is 7.73. The Morgan fingerprint density at radius 2 is 1.76 bits per heavy atom. The Morgan fingerprint density at radius 3 is 2.19 bits per heavy atom. The van der Waals surface area contributed by atoms with Gasteiger partial charge < -0.3 is 4.90 Å². The largest absolute Gasteiger partial charge is 0.337 e. The molecule has 5 nitrogen and oxygen atoms in total. The highest BCUT2D eigenvalue weighted by Crippen LogP contribution is 2.37. The van der Waals surface area contributed by atoms with Crippen molar-refractivity contribution >= 4 is 17.7 Å². The average molecular weight is 292 g/mol. The Kier molecular flexibility index (Phi) is 4.80. The Labute approximate surface area is 126 Å². The summed E-state index contributed by atoms with van der Waals surface area (Å²) in [6.45, 7) is 8.45. The van der Waals surface area contributed by atoms with Crippen molar-refractivity contribution in [3.05, 3.63) is 12.2 Å². The molecule has 5 heteroatoms. The van der Waals surface area contributed by atoms with Gasteiger partial charge in [-0.25, -0.2) is 0 Å². The number of amides is 3. The van der Waals surface area contributed by atoms with Gasteiger partial charge >= 0.3 is 0 Å². The van der Waals surface area contributed by atoms with Crippen LogP contribution in [0.25, 0.3) is 0 Å². The van der Waals surface area contributed by atoms with Crippen molar-refractivity contribution in [2.24, 2.45) is 11.8 Å². The summed E-state index contributed by atoms with van der Waals surface area (Å²) in [7, 11) is 0. The molecule has 2 fully saturated rings. The average Bonchev–Trinajstić information content (AvgIpc) is 2.70. The highest BCUT2D eigenvalue weighted by atomic mass is 16.2. The summed E-state index contributed by atoms with van der Waals surface area (Å²) < 4.78 is 0. The van der Waals surface area contributed by atoms with Crippen LogP contribution in [-0.4, -0.2) is 47.2 Å². The molecule has 2 aliphatic rings. The summed E-state index contributed by atoms with van der Waals surface area (Å²) in [5.74, 6) is -0.847. The number of likely N-dealkylation sites (tertiary alicyclic amines) is 1. The predicted molar refractivity (Wildman–Crippen MR) is 79.2 cm³/mol. The molecule has 1 saturated heterocycles. The monoisotopic (exact) mass is 292 g/mol. The molecule has 116 valence electrons. The van der Waals surface area contributed by atoms with Crippen LogP contribution in [0.1, 0.15) is 39.5 Å². The van der Waals surface area contributed by atoms with Crippen molar-refractivity contribution in [2.75, 3.05) is 19.6 Å². The van der Waals surface area contributed by atoms with E-state index in [2.05, 4.69) is 6.58 Å². The highest BCUT2D eigenvalue weighted by molar-refractivity contribution is 6.07. The van der Waals surface area contributed by atoms with E-state index in [1.54, 1.807) is 4.90 Å². The van der Waals surface area contributed by atoms with Crippen LogP contribution in [0.15, 0.2) is 12.2 Å². The Morgan fingerprint density at radius 1 is 1.24 bits per heavy atom. The summed E-state index contributed by atoms with van der Waals surface area (Å²) in [5.41, 5.74) is 0.887. The lowest BCUT2D eigenvalue weighted by Crippen LogP contribution is -2.43. The Balaban J connectivity index is 2.04. The van der Waals surface area contributed by atoms with E-state index in [-0.39, 0.29) is 36.1 Å². The number of rotatable bonds is 5. The standard InChI is InChI=1S/C16H24N2O3/c1-4-17(9-11(2)3)14(19)10-18-15(20)12-7-5-6-8-13(12)16(18)21/h12-13H,2,4-10H2,1,3H3. The van der Waals surface area contributed by atoms with Crippen LogP contribution < -0.4 is 0 Å². The fourth-order valence-electron chi connectivity index (χ4n) is 3.32. The van der Waals surface area contributed by atoms with E-state index in [0.717, 1.165) is 31.3 Å². The lowest BCUT2D eigenvalue weighted by Gasteiger charge is -2.23. The van der Waals surface area contributed by atoms with Gasteiger partial charge in [0.15, 0.2) is 0 Å². The second-order valence-electron chi connectivity index (χ2n) is 6.13. The van der Waals surface area contributed by atoms with Crippen molar-refractivity contribution in [3.63, 3.8) is 0 Å². The second kappa shape index (κ2) is 6.41. The number of fused-ring (bicyclic) bond motifs is 1. The van der Waals surface area contributed by atoms with Crippen molar-refractivity contribution in [1.82, 2.24) is 9.80 Å². The number of hydrogen-bond acceptors (Lipinski definition) is 3. The molecule has 21 heavy (non-hydrogen) atoms. The molecule has 0 aromatic carbocycles. The van der Waals surface area contributed by atoms with Gasteiger partial charge in [0.25, 0.3) is 0 Å². The molecule has 2 unspecified atom stereocenters. The molecule has 0 aromatic heterocycles. The normalized spacial score (nSPS) is 25.0. The van der Waals surface area contributed by atoms with Crippen LogP contribution in [0.4, 0.5) is 0 Å². The quantitative estimate of drug-likeness (QED) is 0.571. The van der Waals surface area contributed by atoms with Crippen LogP contribution >= 0.6 is 0 Å².